The Balaban J connectivity index is 1.69. The number of alkyl halides is 1. The van der Waals surface area contributed by atoms with E-state index in [9.17, 15) is 28.5 Å². The third-order valence-electron chi connectivity index (χ3n) is 6.61. The van der Waals surface area contributed by atoms with E-state index in [4.69, 9.17) is 11.9 Å². The number of allylic oxidation sites excluding steroid dienone is 2. The van der Waals surface area contributed by atoms with E-state index in [1.165, 1.54) is 24.3 Å². The molecule has 0 unspecified atom stereocenters. The van der Waals surface area contributed by atoms with E-state index in [0.29, 0.717) is 28.0 Å². The fourth-order valence-corrected chi connectivity index (χ4v) is 5.57. The number of aromatic nitrogens is 1. The SMILES string of the molecule is [B]=C1C=CC(c2nc(C3=C[C@](O)(I)[C@@H](O)[C@H](O)C3)oc2-c2ccc(F)cc2F)=CN1c1c(C)cc(F)cc1C. The molecule has 3 aromatic rings. The molecule has 3 atom stereocenters. The molecule has 3 N–H and O–H groups in total. The zero-order valence-corrected chi connectivity index (χ0v) is 22.9. The van der Waals surface area contributed by atoms with Crippen LogP contribution in [0.25, 0.3) is 22.5 Å². The van der Waals surface area contributed by atoms with Crippen LogP contribution in [-0.2, 0) is 0 Å². The maximum absolute atomic E-state index is 15.0. The quantitative estimate of drug-likeness (QED) is 0.216. The Morgan fingerprint density at radius 2 is 1.77 bits per heavy atom. The normalized spacial score (nSPS) is 23.2. The van der Waals surface area contributed by atoms with Gasteiger partial charge in [-0.15, -0.1) is 0 Å². The van der Waals surface area contributed by atoms with Crippen LogP contribution in [0.15, 0.2) is 59.2 Å². The molecule has 1 radical (unpaired) electrons. The molecule has 0 bridgehead atoms. The van der Waals surface area contributed by atoms with Crippen molar-refractivity contribution in [3.8, 4) is 11.3 Å². The van der Waals surface area contributed by atoms with Gasteiger partial charge in [-0.1, -0.05) is 0 Å². The number of rotatable bonds is 4. The zero-order valence-electron chi connectivity index (χ0n) is 20.8. The van der Waals surface area contributed by atoms with Crippen LogP contribution in [0.4, 0.5) is 18.9 Å². The van der Waals surface area contributed by atoms with Crippen molar-refractivity contribution in [2.24, 2.45) is 0 Å². The van der Waals surface area contributed by atoms with Crippen LogP contribution in [0.1, 0.15) is 29.1 Å². The van der Waals surface area contributed by atoms with Crippen LogP contribution >= 0.6 is 22.6 Å². The fourth-order valence-electron chi connectivity index (χ4n) is 4.78. The van der Waals surface area contributed by atoms with Gasteiger partial charge in [-0.05, 0) is 0 Å². The fraction of sp³-hybridized carbons (Fsp3) is 0.214. The van der Waals surface area contributed by atoms with Crippen LogP contribution in [0, 0.1) is 31.3 Å². The molecule has 2 aliphatic rings. The number of hydrogen-bond acceptors (Lipinski definition) is 6. The monoisotopic (exact) mass is 645 g/mol. The molecule has 2 heterocycles. The molecule has 0 amide bonds. The molecule has 11 heteroatoms. The topological polar surface area (TPSA) is 90.0 Å². The molecular weight excluding hydrogens is 623 g/mol. The average molecular weight is 645 g/mol. The number of oxazole rings is 1. The molecule has 6 nitrogen and oxygen atoms in total. The Morgan fingerprint density at radius 3 is 2.41 bits per heavy atom. The van der Waals surface area contributed by atoms with Crippen molar-refractivity contribution < 1.29 is 32.9 Å². The van der Waals surface area contributed by atoms with Crippen LogP contribution in [0.3, 0.4) is 0 Å². The predicted molar refractivity (Wildman–Crippen MR) is 152 cm³/mol. The summed E-state index contributed by atoms with van der Waals surface area (Å²) in [6.45, 7) is 3.50. The first-order valence-electron chi connectivity index (χ1n) is 11.9. The van der Waals surface area contributed by atoms with Crippen molar-refractivity contribution in [2.75, 3.05) is 4.90 Å². The van der Waals surface area contributed by atoms with Gasteiger partial charge in [0.2, 0.25) is 0 Å². The van der Waals surface area contributed by atoms with Crippen molar-refractivity contribution in [3.63, 3.8) is 0 Å². The summed E-state index contributed by atoms with van der Waals surface area (Å²) in [5.74, 6) is -2.09. The molecule has 199 valence electrons. The number of aliphatic hydroxyl groups is 3. The van der Waals surface area contributed by atoms with Gasteiger partial charge in [0.15, 0.2) is 0 Å². The second-order valence-electron chi connectivity index (χ2n) is 9.54. The van der Waals surface area contributed by atoms with E-state index >= 15 is 0 Å². The molecule has 1 aliphatic heterocycles. The van der Waals surface area contributed by atoms with Crippen molar-refractivity contribution >= 4 is 52.5 Å². The van der Waals surface area contributed by atoms with Crippen LogP contribution in [0.5, 0.6) is 0 Å². The first-order chi connectivity index (χ1) is 18.4. The Morgan fingerprint density at radius 1 is 1.08 bits per heavy atom. The van der Waals surface area contributed by atoms with Gasteiger partial charge in [0.1, 0.15) is 0 Å². The van der Waals surface area contributed by atoms with Gasteiger partial charge < -0.3 is 0 Å². The summed E-state index contributed by atoms with van der Waals surface area (Å²) in [7, 11) is 6.28. The second-order valence-corrected chi connectivity index (χ2v) is 11.3. The van der Waals surface area contributed by atoms with Crippen molar-refractivity contribution in [1.82, 2.24) is 4.98 Å². The Labute approximate surface area is 237 Å². The third-order valence-corrected chi connectivity index (χ3v) is 7.56. The van der Waals surface area contributed by atoms with Crippen LogP contribution < -0.4 is 4.90 Å². The van der Waals surface area contributed by atoms with Crippen LogP contribution in [-0.4, -0.2) is 49.2 Å². The first kappa shape index (κ1) is 27.6. The molecular formula is C28H22BF3IN2O4. The van der Waals surface area contributed by atoms with E-state index in [2.05, 4.69) is 4.98 Å². The van der Waals surface area contributed by atoms with E-state index < -0.39 is 27.5 Å². The summed E-state index contributed by atoms with van der Waals surface area (Å²) >= 11 is 1.60. The molecule has 1 aliphatic carbocycles. The van der Waals surface area contributed by atoms with Gasteiger partial charge in [-0.3, -0.25) is 0 Å². The molecule has 2 aromatic carbocycles. The minimum absolute atomic E-state index is 0.0233. The molecule has 0 saturated carbocycles. The number of nitrogens with zero attached hydrogens (tertiary/aromatic N) is 2. The Kier molecular flexibility index (Phi) is 7.21. The van der Waals surface area contributed by atoms with E-state index in [1.807, 2.05) is 0 Å². The third kappa shape index (κ3) is 5.16. The molecule has 0 spiro atoms. The van der Waals surface area contributed by atoms with Gasteiger partial charge in [0.05, 0.1) is 0 Å². The number of halogens is 4. The van der Waals surface area contributed by atoms with Gasteiger partial charge in [0, 0.05) is 0 Å². The van der Waals surface area contributed by atoms with Gasteiger partial charge in [-0.2, -0.15) is 0 Å². The molecule has 39 heavy (non-hydrogen) atoms. The molecule has 5 rings (SSSR count). The molecule has 0 saturated heterocycles. The number of aliphatic hydroxyl groups excluding tert-OH is 2. The zero-order chi connectivity index (χ0) is 28.2. The maximum atomic E-state index is 15.0. The van der Waals surface area contributed by atoms with Crippen molar-refractivity contribution in [3.05, 3.63) is 94.9 Å². The van der Waals surface area contributed by atoms with E-state index in [-0.39, 0.29) is 40.7 Å². The standard InChI is InChI=1S/C28H22BF3IN2O4/c1-13-7-18(31)8-14(2)24(13)35-12-15(3-6-22(35)29)23-25(19-5-4-17(30)10-20(19)32)39-27(34-23)16-9-21(36)26(37)28(33,38)11-16/h3-8,10-12,21,26,36-38H,9H2,1-2H3/t21-,26+,28-/m1/s1. The summed E-state index contributed by atoms with van der Waals surface area (Å²) < 4.78 is 46.8. The first-order valence-corrected chi connectivity index (χ1v) is 13.0. The van der Waals surface area contributed by atoms with Gasteiger partial charge in [-0.25, -0.2) is 0 Å². The van der Waals surface area contributed by atoms with E-state index in [0.717, 1.165) is 12.1 Å². The molecule has 1 aromatic heterocycles. The summed E-state index contributed by atoms with van der Waals surface area (Å²) in [5.41, 5.74) is 3.11. The van der Waals surface area contributed by atoms with E-state index in [1.54, 1.807) is 59.7 Å². The Bertz CT molecular complexity index is 1570. The Hall–Kier alpha value is -3.00. The number of anilines is 1. The summed E-state index contributed by atoms with van der Waals surface area (Å²) in [5, 5.41) is 31.1. The number of benzene rings is 2. The number of hydrogen-bond donors (Lipinski definition) is 3. The summed E-state index contributed by atoms with van der Waals surface area (Å²) in [6.07, 6.45) is 3.39. The van der Waals surface area contributed by atoms with Gasteiger partial charge >= 0.3 is 238 Å². The number of aryl methyl sites for hydroxylation is 2. The van der Waals surface area contributed by atoms with Crippen molar-refractivity contribution in [2.45, 2.75) is 36.1 Å². The van der Waals surface area contributed by atoms with Gasteiger partial charge in [0.25, 0.3) is 0 Å². The summed E-state index contributed by atoms with van der Waals surface area (Å²) in [4.78, 5) is 6.23. The minimum atomic E-state index is -1.80. The predicted octanol–water partition coefficient (Wildman–Crippen LogP) is 4.72. The summed E-state index contributed by atoms with van der Waals surface area (Å²) in [6, 6.07) is 5.80. The second kappa shape index (κ2) is 10.2. The van der Waals surface area contributed by atoms with Crippen LogP contribution in [0.2, 0.25) is 0 Å². The van der Waals surface area contributed by atoms with Crippen molar-refractivity contribution in [1.29, 1.82) is 0 Å². The molecule has 0 fully saturated rings. The average Bonchev–Trinajstić information content (AvgIpc) is 3.28.